The molecule has 23 heavy (non-hydrogen) atoms. The Morgan fingerprint density at radius 2 is 2.04 bits per heavy atom. The molecule has 120 valence electrons. The van der Waals surface area contributed by atoms with E-state index in [1.54, 1.807) is 18.3 Å². The second-order valence-electron chi connectivity index (χ2n) is 4.66. The summed E-state index contributed by atoms with van der Waals surface area (Å²) in [6, 6.07) is 6.06. The van der Waals surface area contributed by atoms with E-state index < -0.39 is 18.5 Å². The molecule has 0 saturated carbocycles. The highest BCUT2D eigenvalue weighted by Crippen LogP contribution is 2.27. The molecule has 0 bridgehead atoms. The van der Waals surface area contributed by atoms with Crippen molar-refractivity contribution >= 4 is 22.7 Å². The van der Waals surface area contributed by atoms with E-state index in [9.17, 15) is 17.6 Å². The summed E-state index contributed by atoms with van der Waals surface area (Å²) in [5.74, 6) is -0.236. The van der Waals surface area contributed by atoms with Gasteiger partial charge in [0.1, 0.15) is 12.4 Å². The summed E-state index contributed by atoms with van der Waals surface area (Å²) >= 11 is 0.991. The number of benzene rings is 1. The molecule has 2 heterocycles. The third-order valence-electron chi connectivity index (χ3n) is 2.93. The van der Waals surface area contributed by atoms with Gasteiger partial charge in [-0.05, 0) is 34.2 Å². The zero-order valence-corrected chi connectivity index (χ0v) is 12.3. The van der Waals surface area contributed by atoms with Crippen LogP contribution in [0.5, 0.6) is 0 Å². The van der Waals surface area contributed by atoms with Crippen molar-refractivity contribution in [2.24, 2.45) is 0 Å². The van der Waals surface area contributed by atoms with E-state index >= 15 is 0 Å². The molecule has 0 aliphatic heterocycles. The Kier molecular flexibility index (Phi) is 4.16. The van der Waals surface area contributed by atoms with E-state index in [-0.39, 0.29) is 10.9 Å². The number of halogens is 4. The second-order valence-corrected chi connectivity index (χ2v) is 5.61. The number of tetrazole rings is 1. The van der Waals surface area contributed by atoms with Gasteiger partial charge in [-0.2, -0.15) is 13.2 Å². The highest BCUT2D eigenvalue weighted by molar-refractivity contribution is 7.98. The van der Waals surface area contributed by atoms with Gasteiger partial charge >= 0.3 is 6.18 Å². The van der Waals surface area contributed by atoms with Crippen LogP contribution in [-0.2, 0) is 12.3 Å². The zero-order valence-electron chi connectivity index (χ0n) is 11.5. The molecule has 0 fully saturated rings. The first kappa shape index (κ1) is 15.7. The minimum absolute atomic E-state index is 0.00988. The molecule has 0 spiro atoms. The fourth-order valence-corrected chi connectivity index (χ4v) is 2.90. The number of hydrogen-bond acceptors (Lipinski definition) is 5. The molecule has 0 amide bonds. The largest absolute Gasteiger partial charge is 0.408 e. The van der Waals surface area contributed by atoms with E-state index in [1.165, 1.54) is 12.1 Å². The van der Waals surface area contributed by atoms with Gasteiger partial charge in [0.15, 0.2) is 0 Å². The first-order chi connectivity index (χ1) is 10.9. The Hall–Kier alpha value is -2.23. The van der Waals surface area contributed by atoms with Crippen LogP contribution in [0, 0.1) is 5.82 Å². The first-order valence-electron chi connectivity index (χ1n) is 6.41. The van der Waals surface area contributed by atoms with Crippen molar-refractivity contribution in [2.75, 3.05) is 0 Å². The number of fused-ring (bicyclic) bond motifs is 1. The van der Waals surface area contributed by atoms with Crippen LogP contribution >= 0.6 is 11.8 Å². The molecule has 0 saturated heterocycles. The van der Waals surface area contributed by atoms with Gasteiger partial charge in [-0.1, -0.05) is 17.8 Å². The van der Waals surface area contributed by atoms with E-state index in [4.69, 9.17) is 0 Å². The zero-order chi connectivity index (χ0) is 16.4. The van der Waals surface area contributed by atoms with E-state index in [0.717, 1.165) is 11.8 Å². The van der Waals surface area contributed by atoms with Crippen molar-refractivity contribution < 1.29 is 17.6 Å². The Bertz CT molecular complexity index is 833. The standard InChI is InChI=1S/C13H9F4N5S/c14-10-4-8-2-1-3-18-11(8)9(5-10)6-23-12-19-20-21-22(12)7-13(15,16)17/h1-5H,6-7H2. The van der Waals surface area contributed by atoms with Crippen LogP contribution in [0.15, 0.2) is 35.6 Å². The molecule has 2 aromatic heterocycles. The molecule has 0 atom stereocenters. The van der Waals surface area contributed by atoms with Crippen LogP contribution in [0.4, 0.5) is 17.6 Å². The van der Waals surface area contributed by atoms with Gasteiger partial charge in [0.2, 0.25) is 5.16 Å². The van der Waals surface area contributed by atoms with Crippen LogP contribution < -0.4 is 0 Å². The number of nitrogens with zero attached hydrogens (tertiary/aromatic N) is 5. The topological polar surface area (TPSA) is 56.5 Å². The normalized spacial score (nSPS) is 12.0. The molecule has 10 heteroatoms. The lowest BCUT2D eigenvalue weighted by Gasteiger charge is -2.08. The smallest absolute Gasteiger partial charge is 0.256 e. The SMILES string of the molecule is Fc1cc(CSc2nnnn2CC(F)(F)F)c2ncccc2c1. The summed E-state index contributed by atoms with van der Waals surface area (Å²) < 4.78 is 51.6. The summed E-state index contributed by atoms with van der Waals surface area (Å²) in [7, 11) is 0. The summed E-state index contributed by atoms with van der Waals surface area (Å²) in [6.45, 7) is -1.27. The van der Waals surface area contributed by atoms with Crippen molar-refractivity contribution in [3.05, 3.63) is 41.8 Å². The maximum Gasteiger partial charge on any atom is 0.408 e. The van der Waals surface area contributed by atoms with Gasteiger partial charge in [-0.3, -0.25) is 4.98 Å². The predicted octanol–water partition coefficient (Wildman–Crippen LogP) is 3.22. The monoisotopic (exact) mass is 343 g/mol. The molecule has 0 unspecified atom stereocenters. The first-order valence-corrected chi connectivity index (χ1v) is 7.40. The van der Waals surface area contributed by atoms with Gasteiger partial charge in [0.05, 0.1) is 5.52 Å². The van der Waals surface area contributed by atoms with Crippen molar-refractivity contribution in [3.63, 3.8) is 0 Å². The van der Waals surface area contributed by atoms with E-state index in [1.807, 2.05) is 0 Å². The molecular weight excluding hydrogens is 334 g/mol. The Morgan fingerprint density at radius 1 is 1.22 bits per heavy atom. The van der Waals surface area contributed by atoms with E-state index in [0.29, 0.717) is 21.1 Å². The lowest BCUT2D eigenvalue weighted by atomic mass is 10.1. The number of thioether (sulfide) groups is 1. The molecular formula is C13H9F4N5S. The maximum atomic E-state index is 13.6. The van der Waals surface area contributed by atoms with E-state index in [2.05, 4.69) is 20.5 Å². The Labute approximate surface area is 131 Å². The minimum atomic E-state index is -4.42. The molecule has 3 aromatic rings. The molecule has 0 radical (unpaired) electrons. The Morgan fingerprint density at radius 3 is 2.83 bits per heavy atom. The minimum Gasteiger partial charge on any atom is -0.256 e. The second kappa shape index (κ2) is 6.11. The fraction of sp³-hybridized carbons (Fsp3) is 0.231. The Balaban J connectivity index is 1.83. The highest BCUT2D eigenvalue weighted by Gasteiger charge is 2.30. The number of pyridine rings is 1. The van der Waals surface area contributed by atoms with Gasteiger partial charge in [-0.25, -0.2) is 9.07 Å². The van der Waals surface area contributed by atoms with Crippen LogP contribution in [0.1, 0.15) is 5.56 Å². The van der Waals surface area contributed by atoms with Crippen LogP contribution in [0.3, 0.4) is 0 Å². The molecule has 0 aliphatic rings. The summed E-state index contributed by atoms with van der Waals surface area (Å²) in [4.78, 5) is 4.19. The number of aromatic nitrogens is 5. The molecule has 5 nitrogen and oxygen atoms in total. The van der Waals surface area contributed by atoms with Crippen LogP contribution in [0.25, 0.3) is 10.9 Å². The third kappa shape index (κ3) is 3.76. The summed E-state index contributed by atoms with van der Waals surface area (Å²) in [5.41, 5.74) is 1.16. The maximum absolute atomic E-state index is 13.6. The number of rotatable bonds is 4. The number of hydrogen-bond donors (Lipinski definition) is 0. The third-order valence-corrected chi connectivity index (χ3v) is 3.94. The molecule has 1 aromatic carbocycles. The van der Waals surface area contributed by atoms with Gasteiger partial charge in [0, 0.05) is 17.3 Å². The van der Waals surface area contributed by atoms with Crippen molar-refractivity contribution in [1.29, 1.82) is 0 Å². The molecule has 0 N–H and O–H groups in total. The molecule has 3 rings (SSSR count). The lowest BCUT2D eigenvalue weighted by molar-refractivity contribution is -0.144. The fourth-order valence-electron chi connectivity index (χ4n) is 2.05. The van der Waals surface area contributed by atoms with Crippen molar-refractivity contribution in [3.8, 4) is 0 Å². The highest BCUT2D eigenvalue weighted by atomic mass is 32.2. The van der Waals surface area contributed by atoms with Crippen LogP contribution in [0.2, 0.25) is 0 Å². The van der Waals surface area contributed by atoms with Gasteiger partial charge in [-0.15, -0.1) is 5.10 Å². The van der Waals surface area contributed by atoms with Crippen LogP contribution in [-0.4, -0.2) is 31.4 Å². The van der Waals surface area contributed by atoms with Gasteiger partial charge < -0.3 is 0 Å². The predicted molar refractivity (Wildman–Crippen MR) is 75.1 cm³/mol. The lowest BCUT2D eigenvalue weighted by Crippen LogP contribution is -2.19. The quantitative estimate of drug-likeness (QED) is 0.538. The average molecular weight is 343 g/mol. The summed E-state index contributed by atoms with van der Waals surface area (Å²) in [5, 5.41) is 10.8. The van der Waals surface area contributed by atoms with Gasteiger partial charge in [0.25, 0.3) is 0 Å². The van der Waals surface area contributed by atoms with Crippen molar-refractivity contribution in [2.45, 2.75) is 23.6 Å². The number of alkyl halides is 3. The van der Waals surface area contributed by atoms with Crippen molar-refractivity contribution in [1.82, 2.24) is 25.2 Å². The summed E-state index contributed by atoms with van der Waals surface area (Å²) in [6.07, 6.45) is -2.85. The average Bonchev–Trinajstić information content (AvgIpc) is 2.89. The molecule has 0 aliphatic carbocycles.